The van der Waals surface area contributed by atoms with Crippen LogP contribution in [-0.2, 0) is 0 Å². The largest absolute Gasteiger partial charge is 0.0775 e. The second-order valence-electron chi connectivity index (χ2n) is 3.06. The molecule has 0 aromatic heterocycles. The first-order chi connectivity index (χ1) is 4.83. The van der Waals surface area contributed by atoms with E-state index < -0.39 is 0 Å². The van der Waals surface area contributed by atoms with Gasteiger partial charge in [0, 0.05) is 0 Å². The summed E-state index contributed by atoms with van der Waals surface area (Å²) >= 11 is 0. The Morgan fingerprint density at radius 2 is 2.30 bits per heavy atom. The van der Waals surface area contributed by atoms with Crippen LogP contribution in [0, 0.1) is 0 Å². The van der Waals surface area contributed by atoms with Gasteiger partial charge in [0.25, 0.3) is 0 Å². The van der Waals surface area contributed by atoms with Crippen molar-refractivity contribution in [1.29, 1.82) is 0 Å². The van der Waals surface area contributed by atoms with Crippen molar-refractivity contribution in [2.75, 3.05) is 0 Å². The highest BCUT2D eigenvalue weighted by Gasteiger charge is 2.01. The van der Waals surface area contributed by atoms with Crippen LogP contribution in [0.15, 0.2) is 23.3 Å². The molecule has 0 aromatic carbocycles. The van der Waals surface area contributed by atoms with E-state index in [0.29, 0.717) is 0 Å². The molecule has 0 nitrogen and oxygen atoms in total. The first-order valence-corrected chi connectivity index (χ1v) is 4.19. The number of allylic oxidation sites excluding steroid dienone is 4. The van der Waals surface area contributed by atoms with Crippen LogP contribution in [0.4, 0.5) is 0 Å². The van der Waals surface area contributed by atoms with E-state index in [0.717, 1.165) is 0 Å². The molecule has 1 rings (SSSR count). The number of hydrogen-bond acceptors (Lipinski definition) is 0. The molecular formula is C10H16. The molecule has 0 amide bonds. The molecule has 0 saturated heterocycles. The van der Waals surface area contributed by atoms with E-state index in [1.165, 1.54) is 31.3 Å². The van der Waals surface area contributed by atoms with Gasteiger partial charge in [0.15, 0.2) is 0 Å². The number of hydrogen-bond donors (Lipinski definition) is 0. The highest BCUT2D eigenvalue weighted by atomic mass is 14.1. The average molecular weight is 136 g/mol. The maximum Gasteiger partial charge on any atom is -0.0130 e. The van der Waals surface area contributed by atoms with Crippen molar-refractivity contribution in [3.63, 3.8) is 0 Å². The molecule has 1 aliphatic rings. The summed E-state index contributed by atoms with van der Waals surface area (Å²) in [5.74, 6) is 0. The maximum absolute atomic E-state index is 2.33. The summed E-state index contributed by atoms with van der Waals surface area (Å²) in [6.07, 6.45) is 9.83. The van der Waals surface area contributed by atoms with Crippen molar-refractivity contribution >= 4 is 0 Å². The molecular weight excluding hydrogens is 120 g/mol. The Balaban J connectivity index is 2.27. The van der Waals surface area contributed by atoms with Crippen LogP contribution >= 0.6 is 0 Å². The zero-order valence-corrected chi connectivity index (χ0v) is 6.98. The van der Waals surface area contributed by atoms with Crippen LogP contribution in [0.2, 0.25) is 0 Å². The van der Waals surface area contributed by atoms with Crippen molar-refractivity contribution in [3.05, 3.63) is 23.3 Å². The van der Waals surface area contributed by atoms with Gasteiger partial charge < -0.3 is 0 Å². The van der Waals surface area contributed by atoms with Crippen molar-refractivity contribution in [2.24, 2.45) is 0 Å². The molecule has 0 atom stereocenters. The molecule has 0 heterocycles. The van der Waals surface area contributed by atoms with E-state index >= 15 is 0 Å². The van der Waals surface area contributed by atoms with Gasteiger partial charge in [-0.3, -0.25) is 0 Å². The van der Waals surface area contributed by atoms with Crippen LogP contribution in [0.25, 0.3) is 0 Å². The lowest BCUT2D eigenvalue weighted by molar-refractivity contribution is 0.779. The number of rotatable bonds is 3. The second-order valence-corrected chi connectivity index (χ2v) is 3.06. The lowest BCUT2D eigenvalue weighted by Crippen LogP contribution is -1.77. The van der Waals surface area contributed by atoms with E-state index in [1.807, 2.05) is 0 Å². The molecule has 0 spiro atoms. The molecule has 0 aliphatic heterocycles. The van der Waals surface area contributed by atoms with E-state index in [4.69, 9.17) is 0 Å². The standard InChI is InChI=1S/C10H16/c1-3-4-5-10-7-6-9(2)8-10/h6,8H,3-5,7H2,1-2H3. The minimum Gasteiger partial charge on any atom is -0.0775 e. The fourth-order valence-corrected chi connectivity index (χ4v) is 1.31. The van der Waals surface area contributed by atoms with Crippen LogP contribution in [0.1, 0.15) is 39.5 Å². The molecule has 0 aromatic rings. The number of unbranched alkanes of at least 4 members (excludes halogenated alkanes) is 1. The highest BCUT2D eigenvalue weighted by Crippen LogP contribution is 2.21. The Labute approximate surface area is 63.6 Å². The Bertz CT molecular complexity index is 161. The van der Waals surface area contributed by atoms with Gasteiger partial charge in [-0.15, -0.1) is 0 Å². The third-order valence-electron chi connectivity index (χ3n) is 1.97. The Morgan fingerprint density at radius 3 is 2.80 bits per heavy atom. The predicted octanol–water partition coefficient (Wildman–Crippen LogP) is 3.45. The average Bonchev–Trinajstić information content (AvgIpc) is 2.31. The van der Waals surface area contributed by atoms with Gasteiger partial charge in [0.2, 0.25) is 0 Å². The normalized spacial score (nSPS) is 17.0. The molecule has 0 heteroatoms. The zero-order valence-electron chi connectivity index (χ0n) is 6.98. The van der Waals surface area contributed by atoms with E-state index in [9.17, 15) is 0 Å². The van der Waals surface area contributed by atoms with E-state index in [2.05, 4.69) is 26.0 Å². The van der Waals surface area contributed by atoms with Crippen LogP contribution in [-0.4, -0.2) is 0 Å². The molecule has 0 radical (unpaired) electrons. The smallest absolute Gasteiger partial charge is 0.0130 e. The Hall–Kier alpha value is -0.520. The molecule has 0 bridgehead atoms. The van der Waals surface area contributed by atoms with Crippen molar-refractivity contribution in [2.45, 2.75) is 39.5 Å². The zero-order chi connectivity index (χ0) is 7.40. The Morgan fingerprint density at radius 1 is 1.50 bits per heavy atom. The minimum absolute atomic E-state index is 1.21. The molecule has 0 saturated carbocycles. The lowest BCUT2D eigenvalue weighted by Gasteiger charge is -1.96. The van der Waals surface area contributed by atoms with Gasteiger partial charge in [-0.05, 0) is 26.2 Å². The summed E-state index contributed by atoms with van der Waals surface area (Å²) in [5, 5.41) is 0. The van der Waals surface area contributed by atoms with Gasteiger partial charge in [-0.2, -0.15) is 0 Å². The van der Waals surface area contributed by atoms with Gasteiger partial charge in [-0.25, -0.2) is 0 Å². The molecule has 0 unspecified atom stereocenters. The molecule has 10 heavy (non-hydrogen) atoms. The molecule has 0 fully saturated rings. The summed E-state index contributed by atoms with van der Waals surface area (Å²) in [7, 11) is 0. The summed E-state index contributed by atoms with van der Waals surface area (Å²) in [4.78, 5) is 0. The fraction of sp³-hybridized carbons (Fsp3) is 0.600. The lowest BCUT2D eigenvalue weighted by atomic mass is 10.1. The molecule has 56 valence electrons. The SMILES string of the molecule is CCCCC1=CC(C)=CC1. The summed E-state index contributed by atoms with van der Waals surface area (Å²) in [5.41, 5.74) is 3.07. The first kappa shape index (κ1) is 7.59. The monoisotopic (exact) mass is 136 g/mol. The van der Waals surface area contributed by atoms with Crippen molar-refractivity contribution < 1.29 is 0 Å². The second kappa shape index (κ2) is 3.60. The quantitative estimate of drug-likeness (QED) is 0.557. The van der Waals surface area contributed by atoms with Crippen LogP contribution in [0.3, 0.4) is 0 Å². The summed E-state index contributed by atoms with van der Waals surface area (Å²) in [6.45, 7) is 4.43. The molecule has 0 N–H and O–H groups in total. The predicted molar refractivity (Wildman–Crippen MR) is 46.0 cm³/mol. The third-order valence-corrected chi connectivity index (χ3v) is 1.97. The van der Waals surface area contributed by atoms with Gasteiger partial charge in [-0.1, -0.05) is 36.6 Å². The van der Waals surface area contributed by atoms with Crippen LogP contribution in [0.5, 0.6) is 0 Å². The molecule has 1 aliphatic carbocycles. The summed E-state index contributed by atoms with van der Waals surface area (Å²) < 4.78 is 0. The van der Waals surface area contributed by atoms with Crippen molar-refractivity contribution in [3.8, 4) is 0 Å². The van der Waals surface area contributed by atoms with Gasteiger partial charge in [0.1, 0.15) is 0 Å². The van der Waals surface area contributed by atoms with Gasteiger partial charge >= 0.3 is 0 Å². The topological polar surface area (TPSA) is 0 Å². The minimum atomic E-state index is 1.21. The summed E-state index contributed by atoms with van der Waals surface area (Å²) in [6, 6.07) is 0. The third kappa shape index (κ3) is 2.02. The van der Waals surface area contributed by atoms with Crippen LogP contribution < -0.4 is 0 Å². The fourth-order valence-electron chi connectivity index (χ4n) is 1.31. The maximum atomic E-state index is 2.33. The Kier molecular flexibility index (Phi) is 2.73. The first-order valence-electron chi connectivity index (χ1n) is 4.19. The van der Waals surface area contributed by atoms with Gasteiger partial charge in [0.05, 0.1) is 0 Å². The highest BCUT2D eigenvalue weighted by molar-refractivity contribution is 5.30. The van der Waals surface area contributed by atoms with E-state index in [1.54, 1.807) is 5.57 Å². The van der Waals surface area contributed by atoms with Crippen molar-refractivity contribution in [1.82, 2.24) is 0 Å². The van der Waals surface area contributed by atoms with E-state index in [-0.39, 0.29) is 0 Å².